The second-order valence-electron chi connectivity index (χ2n) is 5.32. The summed E-state index contributed by atoms with van der Waals surface area (Å²) in [4.78, 5) is 12.3. The van der Waals surface area contributed by atoms with Gasteiger partial charge in [0.15, 0.2) is 0 Å². The SMILES string of the molecule is COc1ccc(C)cc1-n1nnn(CC(C)(C)O)c1=O. The molecule has 0 aliphatic heterocycles. The molecule has 7 nitrogen and oxygen atoms in total. The molecule has 0 fully saturated rings. The highest BCUT2D eigenvalue weighted by Crippen LogP contribution is 2.21. The molecule has 1 aromatic heterocycles. The van der Waals surface area contributed by atoms with E-state index in [2.05, 4.69) is 10.4 Å². The van der Waals surface area contributed by atoms with Crippen molar-refractivity contribution in [2.45, 2.75) is 32.9 Å². The smallest absolute Gasteiger partial charge is 0.368 e. The molecule has 0 amide bonds. The molecule has 1 N–H and O–H groups in total. The number of methoxy groups -OCH3 is 1. The van der Waals surface area contributed by atoms with Gasteiger partial charge in [-0.1, -0.05) is 6.07 Å². The van der Waals surface area contributed by atoms with Crippen molar-refractivity contribution in [2.75, 3.05) is 7.11 Å². The maximum absolute atomic E-state index is 12.3. The number of hydrogen-bond acceptors (Lipinski definition) is 5. The van der Waals surface area contributed by atoms with Gasteiger partial charge in [-0.05, 0) is 48.9 Å². The van der Waals surface area contributed by atoms with Crippen LogP contribution >= 0.6 is 0 Å². The molecule has 108 valence electrons. The molecule has 0 atom stereocenters. The van der Waals surface area contributed by atoms with Gasteiger partial charge in [0.05, 0.1) is 19.3 Å². The lowest BCUT2D eigenvalue weighted by Gasteiger charge is -2.14. The summed E-state index contributed by atoms with van der Waals surface area (Å²) in [5.74, 6) is 0.535. The van der Waals surface area contributed by atoms with Crippen LogP contribution in [0.4, 0.5) is 0 Å². The fraction of sp³-hybridized carbons (Fsp3) is 0.462. The lowest BCUT2D eigenvalue weighted by Crippen LogP contribution is -2.34. The Morgan fingerprint density at radius 2 is 2.05 bits per heavy atom. The van der Waals surface area contributed by atoms with Gasteiger partial charge in [0.1, 0.15) is 11.4 Å². The average Bonchev–Trinajstić information content (AvgIpc) is 2.69. The quantitative estimate of drug-likeness (QED) is 0.881. The first kappa shape index (κ1) is 14.3. The predicted octanol–water partition coefficient (Wildman–Crippen LogP) is 0.517. The van der Waals surface area contributed by atoms with Crippen molar-refractivity contribution < 1.29 is 9.84 Å². The van der Waals surface area contributed by atoms with Crippen molar-refractivity contribution in [3.05, 3.63) is 34.2 Å². The van der Waals surface area contributed by atoms with Gasteiger partial charge in [-0.25, -0.2) is 4.79 Å². The maximum atomic E-state index is 12.3. The Hall–Kier alpha value is -2.15. The van der Waals surface area contributed by atoms with Crippen LogP contribution in [0.2, 0.25) is 0 Å². The van der Waals surface area contributed by atoms with Crippen LogP contribution in [0.5, 0.6) is 5.75 Å². The zero-order chi connectivity index (χ0) is 14.9. The van der Waals surface area contributed by atoms with Crippen molar-refractivity contribution in [2.24, 2.45) is 0 Å². The molecule has 20 heavy (non-hydrogen) atoms. The maximum Gasteiger partial charge on any atom is 0.368 e. The minimum absolute atomic E-state index is 0.0694. The van der Waals surface area contributed by atoms with Crippen LogP contribution in [-0.4, -0.2) is 37.6 Å². The van der Waals surface area contributed by atoms with Gasteiger partial charge in [-0.2, -0.15) is 9.36 Å². The molecule has 2 rings (SSSR count). The summed E-state index contributed by atoms with van der Waals surface area (Å²) in [6.45, 7) is 5.19. The number of ether oxygens (including phenoxy) is 1. The van der Waals surface area contributed by atoms with E-state index < -0.39 is 11.3 Å². The van der Waals surface area contributed by atoms with Crippen molar-refractivity contribution in [3.63, 3.8) is 0 Å². The molecule has 7 heteroatoms. The molecule has 0 bridgehead atoms. The molecule has 0 radical (unpaired) electrons. The largest absolute Gasteiger partial charge is 0.494 e. The minimum Gasteiger partial charge on any atom is -0.494 e. The first-order valence-electron chi connectivity index (χ1n) is 6.22. The number of aryl methyl sites for hydroxylation is 1. The van der Waals surface area contributed by atoms with Crippen LogP contribution in [0.25, 0.3) is 5.69 Å². The summed E-state index contributed by atoms with van der Waals surface area (Å²) in [7, 11) is 1.53. The predicted molar refractivity (Wildman–Crippen MR) is 73.2 cm³/mol. The van der Waals surface area contributed by atoms with E-state index in [-0.39, 0.29) is 6.54 Å². The van der Waals surface area contributed by atoms with Crippen molar-refractivity contribution in [1.29, 1.82) is 0 Å². The third kappa shape index (κ3) is 2.88. The molecule has 0 saturated carbocycles. The van der Waals surface area contributed by atoms with E-state index in [1.54, 1.807) is 26.0 Å². The minimum atomic E-state index is -1.04. The van der Waals surface area contributed by atoms with E-state index in [9.17, 15) is 9.90 Å². The summed E-state index contributed by atoms with van der Waals surface area (Å²) in [6.07, 6.45) is 0. The summed E-state index contributed by atoms with van der Waals surface area (Å²) in [5.41, 5.74) is 0.0433. The summed E-state index contributed by atoms with van der Waals surface area (Å²) in [6, 6.07) is 5.45. The molecule has 1 heterocycles. The van der Waals surface area contributed by atoms with Crippen LogP contribution in [0, 0.1) is 6.92 Å². The number of rotatable bonds is 4. The number of tetrazole rings is 1. The second-order valence-corrected chi connectivity index (χ2v) is 5.32. The van der Waals surface area contributed by atoms with Gasteiger partial charge < -0.3 is 9.84 Å². The first-order chi connectivity index (χ1) is 9.31. The van der Waals surface area contributed by atoms with Crippen LogP contribution in [0.3, 0.4) is 0 Å². The number of aliphatic hydroxyl groups is 1. The van der Waals surface area contributed by atoms with Gasteiger partial charge in [0.2, 0.25) is 0 Å². The molecular weight excluding hydrogens is 260 g/mol. The third-order valence-electron chi connectivity index (χ3n) is 2.74. The molecule has 0 spiro atoms. The van der Waals surface area contributed by atoms with Gasteiger partial charge in [0, 0.05) is 0 Å². The molecule has 1 aromatic carbocycles. The number of benzene rings is 1. The highest BCUT2D eigenvalue weighted by molar-refractivity contribution is 5.47. The van der Waals surface area contributed by atoms with Crippen LogP contribution in [-0.2, 0) is 6.54 Å². The van der Waals surface area contributed by atoms with E-state index >= 15 is 0 Å². The van der Waals surface area contributed by atoms with E-state index in [1.165, 1.54) is 7.11 Å². The molecule has 0 aliphatic carbocycles. The molecule has 0 aliphatic rings. The van der Waals surface area contributed by atoms with E-state index in [0.717, 1.165) is 14.9 Å². The van der Waals surface area contributed by atoms with Crippen LogP contribution in [0.1, 0.15) is 19.4 Å². The van der Waals surface area contributed by atoms with Gasteiger partial charge >= 0.3 is 5.69 Å². The monoisotopic (exact) mass is 278 g/mol. The molecule has 2 aromatic rings. The Morgan fingerprint density at radius 1 is 1.35 bits per heavy atom. The Labute approximate surface area is 116 Å². The Balaban J connectivity index is 2.50. The van der Waals surface area contributed by atoms with E-state index in [1.807, 2.05) is 13.0 Å². The number of aromatic nitrogens is 4. The molecule has 0 saturated heterocycles. The zero-order valence-corrected chi connectivity index (χ0v) is 12.0. The Bertz CT molecular complexity index is 667. The highest BCUT2D eigenvalue weighted by Gasteiger charge is 2.19. The Morgan fingerprint density at radius 3 is 2.65 bits per heavy atom. The Kier molecular flexibility index (Phi) is 3.63. The second kappa shape index (κ2) is 5.09. The van der Waals surface area contributed by atoms with E-state index in [4.69, 9.17) is 4.74 Å². The van der Waals surface area contributed by atoms with Crippen molar-refractivity contribution >= 4 is 0 Å². The summed E-state index contributed by atoms with van der Waals surface area (Å²) < 4.78 is 7.52. The normalized spacial score (nSPS) is 11.7. The first-order valence-corrected chi connectivity index (χ1v) is 6.22. The van der Waals surface area contributed by atoms with Crippen molar-refractivity contribution in [1.82, 2.24) is 19.8 Å². The third-order valence-corrected chi connectivity index (χ3v) is 2.74. The summed E-state index contributed by atoms with van der Waals surface area (Å²) >= 11 is 0. The average molecular weight is 278 g/mol. The zero-order valence-electron chi connectivity index (χ0n) is 12.0. The van der Waals surface area contributed by atoms with Gasteiger partial charge in [-0.15, -0.1) is 0 Å². The van der Waals surface area contributed by atoms with Crippen molar-refractivity contribution in [3.8, 4) is 11.4 Å². The van der Waals surface area contributed by atoms with Crippen LogP contribution in [0.15, 0.2) is 23.0 Å². The highest BCUT2D eigenvalue weighted by atomic mass is 16.5. The molecule has 0 unspecified atom stereocenters. The van der Waals surface area contributed by atoms with E-state index in [0.29, 0.717) is 11.4 Å². The van der Waals surface area contributed by atoms with Gasteiger partial charge in [0.25, 0.3) is 0 Å². The number of hydrogen-bond donors (Lipinski definition) is 1. The van der Waals surface area contributed by atoms with Gasteiger partial charge in [-0.3, -0.25) is 0 Å². The fourth-order valence-electron chi connectivity index (χ4n) is 1.86. The fourth-order valence-corrected chi connectivity index (χ4v) is 1.86. The lowest BCUT2D eigenvalue weighted by molar-refractivity contribution is 0.0560. The number of nitrogens with zero attached hydrogens (tertiary/aromatic N) is 4. The lowest BCUT2D eigenvalue weighted by atomic mass is 10.1. The standard InChI is InChI=1S/C13H18N4O3/c1-9-5-6-11(20-4)10(7-9)17-12(18)16(14-15-17)8-13(2,3)19/h5-7,19H,8H2,1-4H3. The topological polar surface area (TPSA) is 82.2 Å². The van der Waals surface area contributed by atoms with Crippen LogP contribution < -0.4 is 10.4 Å². The molecular formula is C13H18N4O3. The summed E-state index contributed by atoms with van der Waals surface area (Å²) in [5, 5.41) is 17.4.